The molecule has 0 aliphatic heterocycles. The molecule has 108 valence electrons. The molecule has 2 aromatic heterocycles. The largest absolute Gasteiger partial charge is 0.360 e. The van der Waals surface area contributed by atoms with E-state index in [1.54, 1.807) is 23.1 Å². The molecule has 1 aliphatic rings. The van der Waals surface area contributed by atoms with Crippen molar-refractivity contribution in [1.82, 2.24) is 30.4 Å². The highest BCUT2D eigenvalue weighted by molar-refractivity contribution is 8.00. The van der Waals surface area contributed by atoms with E-state index in [1.165, 1.54) is 12.8 Å². The first-order chi connectivity index (χ1) is 9.72. The number of hydrogen-bond acceptors (Lipinski definition) is 8. The number of nitrogens with zero attached hydrogens (tertiary/aromatic N) is 6. The van der Waals surface area contributed by atoms with E-state index in [0.29, 0.717) is 12.0 Å². The quantitative estimate of drug-likeness (QED) is 0.785. The lowest BCUT2D eigenvalue weighted by Gasteiger charge is -2.03. The molecule has 0 amide bonds. The van der Waals surface area contributed by atoms with Gasteiger partial charge < -0.3 is 5.32 Å². The highest BCUT2D eigenvalue weighted by Crippen LogP contribution is 2.36. The molecule has 9 heteroatoms. The summed E-state index contributed by atoms with van der Waals surface area (Å²) in [4.78, 5) is 0. The summed E-state index contributed by atoms with van der Waals surface area (Å²) in [6.07, 6.45) is 2.37. The van der Waals surface area contributed by atoms with Gasteiger partial charge in [0.25, 0.3) is 0 Å². The van der Waals surface area contributed by atoms with Gasteiger partial charge in [-0.25, -0.2) is 4.68 Å². The summed E-state index contributed by atoms with van der Waals surface area (Å²) in [5, 5.41) is 24.3. The molecule has 0 bridgehead atoms. The fraction of sp³-hybridized carbons (Fsp3) is 0.727. The average molecular weight is 311 g/mol. The highest BCUT2D eigenvalue weighted by Gasteiger charge is 2.27. The van der Waals surface area contributed by atoms with E-state index in [2.05, 4.69) is 44.9 Å². The summed E-state index contributed by atoms with van der Waals surface area (Å²) in [6, 6.07) is 0.512. The van der Waals surface area contributed by atoms with E-state index in [4.69, 9.17) is 0 Å². The third-order valence-electron chi connectivity index (χ3n) is 2.85. The maximum absolute atomic E-state index is 4.17. The van der Waals surface area contributed by atoms with Crippen LogP contribution in [0.4, 0.5) is 5.13 Å². The first-order valence-electron chi connectivity index (χ1n) is 6.69. The second kappa shape index (κ2) is 6.04. The van der Waals surface area contributed by atoms with Crippen molar-refractivity contribution in [3.8, 4) is 0 Å². The van der Waals surface area contributed by atoms with Crippen LogP contribution in [0.1, 0.15) is 38.6 Å². The van der Waals surface area contributed by atoms with Crippen LogP contribution in [0.15, 0.2) is 4.34 Å². The minimum absolute atomic E-state index is 0.512. The summed E-state index contributed by atoms with van der Waals surface area (Å²) in [5.41, 5.74) is 0. The topological polar surface area (TPSA) is 81.4 Å². The number of nitrogens with one attached hydrogen (secondary N) is 1. The van der Waals surface area contributed by atoms with Crippen LogP contribution in [0.2, 0.25) is 0 Å². The Morgan fingerprint density at radius 1 is 1.35 bits per heavy atom. The Hall–Kier alpha value is -1.22. The number of anilines is 1. The maximum Gasteiger partial charge on any atom is 0.206 e. The van der Waals surface area contributed by atoms with Crippen molar-refractivity contribution in [3.63, 3.8) is 0 Å². The smallest absolute Gasteiger partial charge is 0.206 e. The van der Waals surface area contributed by atoms with E-state index in [1.807, 2.05) is 4.68 Å². The number of thioether (sulfide) groups is 1. The van der Waals surface area contributed by atoms with Crippen molar-refractivity contribution in [3.05, 3.63) is 5.82 Å². The Balaban J connectivity index is 1.54. The number of hydrogen-bond donors (Lipinski definition) is 1. The van der Waals surface area contributed by atoms with Crippen molar-refractivity contribution in [2.75, 3.05) is 11.9 Å². The summed E-state index contributed by atoms with van der Waals surface area (Å²) in [5.74, 6) is 2.25. The molecule has 1 fully saturated rings. The van der Waals surface area contributed by atoms with Crippen LogP contribution >= 0.6 is 23.1 Å². The number of rotatable bonds is 7. The lowest BCUT2D eigenvalue weighted by molar-refractivity contribution is 0.593. The Bertz CT molecular complexity index is 561. The summed E-state index contributed by atoms with van der Waals surface area (Å²) in [7, 11) is 0. The molecule has 0 unspecified atom stereocenters. The van der Waals surface area contributed by atoms with Crippen LogP contribution in [0.5, 0.6) is 0 Å². The van der Waals surface area contributed by atoms with Crippen LogP contribution in [0, 0.1) is 5.92 Å². The van der Waals surface area contributed by atoms with Crippen LogP contribution in [-0.2, 0) is 5.75 Å². The Morgan fingerprint density at radius 3 is 2.95 bits per heavy atom. The fourth-order valence-corrected chi connectivity index (χ4v) is 3.34. The normalized spacial score (nSPS) is 14.9. The van der Waals surface area contributed by atoms with Gasteiger partial charge in [0, 0.05) is 6.54 Å². The SMILES string of the molecule is CC(C)CNc1nnc(SCc2nnnn2C2CC2)s1. The molecule has 2 heterocycles. The third kappa shape index (κ3) is 3.45. The highest BCUT2D eigenvalue weighted by atomic mass is 32.2. The van der Waals surface area contributed by atoms with E-state index >= 15 is 0 Å². The summed E-state index contributed by atoms with van der Waals surface area (Å²) < 4.78 is 2.88. The summed E-state index contributed by atoms with van der Waals surface area (Å²) >= 11 is 3.21. The van der Waals surface area contributed by atoms with Gasteiger partial charge in [-0.15, -0.1) is 15.3 Å². The minimum Gasteiger partial charge on any atom is -0.360 e. The standard InChI is InChI=1S/C11H17N7S2/c1-7(2)5-12-10-14-15-11(20-10)19-6-9-13-16-17-18(9)8-3-4-8/h7-8H,3-6H2,1-2H3,(H,12,14). The van der Waals surface area contributed by atoms with Crippen molar-refractivity contribution in [2.45, 2.75) is 42.8 Å². The first kappa shape index (κ1) is 13.7. The van der Waals surface area contributed by atoms with Crippen LogP contribution < -0.4 is 5.32 Å². The van der Waals surface area contributed by atoms with Gasteiger partial charge in [0.05, 0.1) is 11.8 Å². The number of tetrazole rings is 1. The zero-order valence-electron chi connectivity index (χ0n) is 11.5. The molecule has 1 N–H and O–H groups in total. The van der Waals surface area contributed by atoms with Crippen molar-refractivity contribution in [1.29, 1.82) is 0 Å². The predicted octanol–water partition coefficient (Wildman–Crippen LogP) is 2.22. The lowest BCUT2D eigenvalue weighted by Crippen LogP contribution is -2.07. The monoisotopic (exact) mass is 311 g/mol. The molecular weight excluding hydrogens is 294 g/mol. The van der Waals surface area contributed by atoms with Crippen LogP contribution in [0.25, 0.3) is 0 Å². The van der Waals surface area contributed by atoms with Crippen molar-refractivity contribution >= 4 is 28.2 Å². The van der Waals surface area contributed by atoms with Gasteiger partial charge in [0.15, 0.2) is 10.2 Å². The molecule has 1 saturated carbocycles. The Labute approximate surface area is 125 Å². The molecule has 1 aliphatic carbocycles. The molecule has 3 rings (SSSR count). The molecule has 7 nitrogen and oxygen atoms in total. The maximum atomic E-state index is 4.17. The molecule has 0 spiro atoms. The van der Waals surface area contributed by atoms with Gasteiger partial charge in [-0.2, -0.15) is 0 Å². The molecule has 0 saturated heterocycles. The number of aromatic nitrogens is 6. The third-order valence-corrected chi connectivity index (χ3v) is 4.86. The lowest BCUT2D eigenvalue weighted by atomic mass is 10.2. The second-order valence-electron chi connectivity index (χ2n) is 5.21. The van der Waals surface area contributed by atoms with E-state index in [0.717, 1.165) is 27.6 Å². The molecule has 0 radical (unpaired) electrons. The molecule has 2 aromatic rings. The zero-order chi connectivity index (χ0) is 13.9. The van der Waals surface area contributed by atoms with Crippen LogP contribution in [0.3, 0.4) is 0 Å². The van der Waals surface area contributed by atoms with Gasteiger partial charge in [0.1, 0.15) is 0 Å². The zero-order valence-corrected chi connectivity index (χ0v) is 13.1. The van der Waals surface area contributed by atoms with Gasteiger partial charge >= 0.3 is 0 Å². The van der Waals surface area contributed by atoms with Crippen molar-refractivity contribution in [2.24, 2.45) is 5.92 Å². The average Bonchev–Trinajstić information content (AvgIpc) is 3.00. The molecule has 0 atom stereocenters. The van der Waals surface area contributed by atoms with Gasteiger partial charge in [-0.3, -0.25) is 0 Å². The van der Waals surface area contributed by atoms with E-state index in [-0.39, 0.29) is 0 Å². The minimum atomic E-state index is 0.512. The van der Waals surface area contributed by atoms with Gasteiger partial charge in [0.2, 0.25) is 5.13 Å². The van der Waals surface area contributed by atoms with Crippen LogP contribution in [-0.4, -0.2) is 36.9 Å². The van der Waals surface area contributed by atoms with E-state index in [9.17, 15) is 0 Å². The van der Waals surface area contributed by atoms with Crippen molar-refractivity contribution < 1.29 is 0 Å². The molecule has 20 heavy (non-hydrogen) atoms. The summed E-state index contributed by atoms with van der Waals surface area (Å²) in [6.45, 7) is 5.25. The van der Waals surface area contributed by atoms with Gasteiger partial charge in [-0.1, -0.05) is 36.9 Å². The Morgan fingerprint density at radius 2 is 2.20 bits per heavy atom. The fourth-order valence-electron chi connectivity index (χ4n) is 1.67. The predicted molar refractivity (Wildman–Crippen MR) is 78.9 cm³/mol. The van der Waals surface area contributed by atoms with Gasteiger partial charge in [-0.05, 0) is 29.2 Å². The Kier molecular flexibility index (Phi) is 4.16. The molecule has 0 aromatic carbocycles. The molecular formula is C11H17N7S2. The van der Waals surface area contributed by atoms with E-state index < -0.39 is 0 Å². The second-order valence-corrected chi connectivity index (χ2v) is 7.41. The first-order valence-corrected chi connectivity index (χ1v) is 8.49.